The maximum atomic E-state index is 10.8. The van der Waals surface area contributed by atoms with Crippen LogP contribution in [0.3, 0.4) is 0 Å². The number of rotatable bonds is 2. The van der Waals surface area contributed by atoms with E-state index >= 15 is 0 Å². The Bertz CT molecular complexity index is 331. The van der Waals surface area contributed by atoms with E-state index in [0.717, 1.165) is 11.1 Å². The van der Waals surface area contributed by atoms with Crippen LogP contribution in [-0.4, -0.2) is 5.78 Å². The molecule has 0 bridgehead atoms. The van der Waals surface area contributed by atoms with Crippen molar-refractivity contribution >= 4 is 5.78 Å². The predicted molar refractivity (Wildman–Crippen MR) is 48.8 cm³/mol. The van der Waals surface area contributed by atoms with Crippen molar-refractivity contribution in [2.45, 2.75) is 13.3 Å². The number of Topliss-reactive ketones (excluding diaryl/α,β-unsaturated/α-hetero) is 1. The zero-order chi connectivity index (χ0) is 8.97. The third kappa shape index (κ3) is 1.96. The molecule has 1 rings (SSSR count). The van der Waals surface area contributed by atoms with E-state index < -0.39 is 0 Å². The van der Waals surface area contributed by atoms with Crippen LogP contribution in [-0.2, 0) is 11.2 Å². The Balaban J connectivity index is 2.99. The Morgan fingerprint density at radius 2 is 2.17 bits per heavy atom. The molecule has 0 aromatic heterocycles. The van der Waals surface area contributed by atoms with Gasteiger partial charge < -0.3 is 0 Å². The van der Waals surface area contributed by atoms with Crippen molar-refractivity contribution < 1.29 is 4.79 Å². The van der Waals surface area contributed by atoms with Crippen molar-refractivity contribution in [3.63, 3.8) is 0 Å². The lowest BCUT2D eigenvalue weighted by Gasteiger charge is -2.00. The molecular weight excluding hydrogens is 148 g/mol. The normalized spacial score (nSPS) is 9.00. The molecule has 0 aliphatic rings. The van der Waals surface area contributed by atoms with Crippen molar-refractivity contribution in [1.82, 2.24) is 0 Å². The van der Waals surface area contributed by atoms with Crippen LogP contribution in [0.25, 0.3) is 0 Å². The monoisotopic (exact) mass is 158 g/mol. The number of benzene rings is 1. The zero-order valence-electron chi connectivity index (χ0n) is 7.00. The molecule has 60 valence electrons. The van der Waals surface area contributed by atoms with Crippen LogP contribution in [0.1, 0.15) is 18.1 Å². The lowest BCUT2D eigenvalue weighted by molar-refractivity contribution is -0.116. The van der Waals surface area contributed by atoms with Crippen molar-refractivity contribution in [2.24, 2.45) is 0 Å². The summed E-state index contributed by atoms with van der Waals surface area (Å²) in [4.78, 5) is 10.8. The Morgan fingerprint density at radius 1 is 1.50 bits per heavy atom. The minimum absolute atomic E-state index is 0.137. The second-order valence-corrected chi connectivity index (χ2v) is 2.68. The molecule has 0 atom stereocenters. The minimum atomic E-state index is 0.137. The van der Waals surface area contributed by atoms with Gasteiger partial charge in [-0.2, -0.15) is 0 Å². The number of carbonyl (C=O) groups is 1. The van der Waals surface area contributed by atoms with E-state index in [1.165, 1.54) is 0 Å². The van der Waals surface area contributed by atoms with Gasteiger partial charge in [-0.15, -0.1) is 6.42 Å². The van der Waals surface area contributed by atoms with E-state index in [1.807, 2.05) is 24.3 Å². The molecule has 12 heavy (non-hydrogen) atoms. The van der Waals surface area contributed by atoms with Gasteiger partial charge >= 0.3 is 0 Å². The van der Waals surface area contributed by atoms with E-state index in [-0.39, 0.29) is 5.78 Å². The molecule has 0 amide bonds. The van der Waals surface area contributed by atoms with Gasteiger partial charge in [0.05, 0.1) is 0 Å². The fourth-order valence-corrected chi connectivity index (χ4v) is 1.08. The minimum Gasteiger partial charge on any atom is -0.300 e. The summed E-state index contributed by atoms with van der Waals surface area (Å²) in [6.07, 6.45) is 5.70. The molecule has 0 spiro atoms. The summed E-state index contributed by atoms with van der Waals surface area (Å²) < 4.78 is 0. The van der Waals surface area contributed by atoms with Gasteiger partial charge in [-0.1, -0.05) is 24.1 Å². The zero-order valence-corrected chi connectivity index (χ0v) is 7.00. The van der Waals surface area contributed by atoms with Gasteiger partial charge in [0.25, 0.3) is 0 Å². The molecule has 0 heterocycles. The number of ketones is 1. The highest BCUT2D eigenvalue weighted by molar-refractivity contribution is 5.78. The summed E-state index contributed by atoms with van der Waals surface area (Å²) in [6, 6.07) is 7.49. The maximum absolute atomic E-state index is 10.8. The Hall–Kier alpha value is -1.55. The van der Waals surface area contributed by atoms with Crippen LogP contribution in [0.2, 0.25) is 0 Å². The van der Waals surface area contributed by atoms with Gasteiger partial charge in [-0.3, -0.25) is 4.79 Å². The first-order chi connectivity index (χ1) is 5.74. The molecule has 0 radical (unpaired) electrons. The van der Waals surface area contributed by atoms with Crippen molar-refractivity contribution in [3.8, 4) is 12.3 Å². The van der Waals surface area contributed by atoms with E-state index in [9.17, 15) is 4.79 Å². The molecule has 0 fully saturated rings. The van der Waals surface area contributed by atoms with Crippen molar-refractivity contribution in [3.05, 3.63) is 35.4 Å². The van der Waals surface area contributed by atoms with Crippen molar-refractivity contribution in [1.29, 1.82) is 0 Å². The molecule has 0 saturated carbocycles. The Labute approximate surface area is 72.4 Å². The SMILES string of the molecule is C#Cc1ccccc1CC(C)=O. The summed E-state index contributed by atoms with van der Waals surface area (Å²) in [5.41, 5.74) is 1.75. The van der Waals surface area contributed by atoms with Crippen molar-refractivity contribution in [2.75, 3.05) is 0 Å². The quantitative estimate of drug-likeness (QED) is 0.600. The molecule has 0 saturated heterocycles. The molecule has 1 heteroatoms. The van der Waals surface area contributed by atoms with Gasteiger partial charge in [0.1, 0.15) is 5.78 Å². The van der Waals surface area contributed by atoms with E-state index in [4.69, 9.17) is 6.42 Å². The highest BCUT2D eigenvalue weighted by Crippen LogP contribution is 2.07. The molecule has 0 N–H and O–H groups in total. The molecule has 1 aromatic rings. The topological polar surface area (TPSA) is 17.1 Å². The average molecular weight is 158 g/mol. The maximum Gasteiger partial charge on any atom is 0.134 e. The van der Waals surface area contributed by atoms with Crippen LogP contribution in [0.5, 0.6) is 0 Å². The van der Waals surface area contributed by atoms with Gasteiger partial charge in [-0.25, -0.2) is 0 Å². The number of hydrogen-bond acceptors (Lipinski definition) is 1. The van der Waals surface area contributed by atoms with Gasteiger partial charge in [-0.05, 0) is 18.6 Å². The summed E-state index contributed by atoms with van der Waals surface area (Å²) in [7, 11) is 0. The van der Waals surface area contributed by atoms with Gasteiger partial charge in [0, 0.05) is 12.0 Å². The van der Waals surface area contributed by atoms with E-state index in [0.29, 0.717) is 6.42 Å². The second kappa shape index (κ2) is 3.73. The largest absolute Gasteiger partial charge is 0.300 e. The molecule has 0 aliphatic carbocycles. The number of terminal acetylenes is 1. The second-order valence-electron chi connectivity index (χ2n) is 2.68. The standard InChI is InChI=1S/C11H10O/c1-3-10-6-4-5-7-11(10)8-9(2)12/h1,4-7H,8H2,2H3. The first-order valence-corrected chi connectivity index (χ1v) is 3.78. The summed E-state index contributed by atoms with van der Waals surface area (Å²) in [5, 5.41) is 0. The predicted octanol–water partition coefficient (Wildman–Crippen LogP) is 1.80. The lowest BCUT2D eigenvalue weighted by atomic mass is 10.0. The van der Waals surface area contributed by atoms with Gasteiger partial charge in [0.2, 0.25) is 0 Å². The van der Waals surface area contributed by atoms with Crippen LogP contribution >= 0.6 is 0 Å². The highest BCUT2D eigenvalue weighted by Gasteiger charge is 2.00. The van der Waals surface area contributed by atoms with E-state index in [1.54, 1.807) is 6.92 Å². The highest BCUT2D eigenvalue weighted by atomic mass is 16.1. The summed E-state index contributed by atoms with van der Waals surface area (Å²) >= 11 is 0. The Morgan fingerprint density at radius 3 is 2.75 bits per heavy atom. The van der Waals surface area contributed by atoms with Gasteiger partial charge in [0.15, 0.2) is 0 Å². The fourth-order valence-electron chi connectivity index (χ4n) is 1.08. The fraction of sp³-hybridized carbons (Fsp3) is 0.182. The molecule has 1 nitrogen and oxygen atoms in total. The lowest BCUT2D eigenvalue weighted by Crippen LogP contribution is -1.98. The first-order valence-electron chi connectivity index (χ1n) is 3.78. The third-order valence-electron chi connectivity index (χ3n) is 1.61. The summed E-state index contributed by atoms with van der Waals surface area (Å²) in [6.45, 7) is 1.56. The third-order valence-corrected chi connectivity index (χ3v) is 1.61. The average Bonchev–Trinajstić information content (AvgIpc) is 2.04. The summed E-state index contributed by atoms with van der Waals surface area (Å²) in [5.74, 6) is 2.69. The van der Waals surface area contributed by atoms with E-state index in [2.05, 4.69) is 5.92 Å². The molecular formula is C11H10O. The smallest absolute Gasteiger partial charge is 0.134 e. The van der Waals surface area contributed by atoms with Crippen LogP contribution < -0.4 is 0 Å². The Kier molecular flexibility index (Phi) is 2.66. The molecule has 0 unspecified atom stereocenters. The first kappa shape index (κ1) is 8.55. The van der Waals surface area contributed by atoms with Crippen LogP contribution in [0.4, 0.5) is 0 Å². The number of carbonyl (C=O) groups excluding carboxylic acids is 1. The van der Waals surface area contributed by atoms with Crippen LogP contribution in [0, 0.1) is 12.3 Å². The number of hydrogen-bond donors (Lipinski definition) is 0. The van der Waals surface area contributed by atoms with Crippen LogP contribution in [0.15, 0.2) is 24.3 Å². The molecule has 1 aromatic carbocycles. The molecule has 0 aliphatic heterocycles.